The summed E-state index contributed by atoms with van der Waals surface area (Å²) in [5.74, 6) is -2.14. The van der Waals surface area contributed by atoms with Gasteiger partial charge in [0.05, 0.1) is 11.1 Å². The zero-order chi connectivity index (χ0) is 23.4. The highest BCUT2D eigenvalue weighted by atomic mass is 19.1. The molecule has 0 aliphatic carbocycles. The first-order valence-electron chi connectivity index (χ1n) is 9.90. The summed E-state index contributed by atoms with van der Waals surface area (Å²) in [5, 5.41) is 11.3. The number of esters is 2. The molecule has 1 fully saturated rings. The average Bonchev–Trinajstić information content (AvgIpc) is 3.44. The number of alkyl halides is 1. The SMILES string of the molecule is O=C(OC[C@H]1OC(n2ccnc2[N+](=O)[O-])[C@@H](OC(=O)c2ccccc2)[C@H]1F)c1ccccc1. The van der Waals surface area contributed by atoms with E-state index in [0.717, 1.165) is 10.8 Å². The molecule has 4 rings (SSSR count). The average molecular weight is 455 g/mol. The van der Waals surface area contributed by atoms with Gasteiger partial charge in [-0.05, 0) is 29.2 Å². The van der Waals surface area contributed by atoms with E-state index >= 15 is 4.39 Å². The van der Waals surface area contributed by atoms with Gasteiger partial charge in [-0.25, -0.2) is 14.0 Å². The second-order valence-electron chi connectivity index (χ2n) is 7.10. The van der Waals surface area contributed by atoms with E-state index in [2.05, 4.69) is 4.98 Å². The number of halogens is 1. The Labute approximate surface area is 186 Å². The number of aromatic nitrogens is 2. The molecule has 1 saturated heterocycles. The van der Waals surface area contributed by atoms with E-state index in [1.807, 2.05) is 0 Å². The highest BCUT2D eigenvalue weighted by Gasteiger charge is 2.52. The van der Waals surface area contributed by atoms with E-state index in [1.165, 1.54) is 30.5 Å². The Bertz CT molecular complexity index is 1140. The summed E-state index contributed by atoms with van der Waals surface area (Å²) in [4.78, 5) is 38.9. The molecule has 0 spiro atoms. The quantitative estimate of drug-likeness (QED) is 0.303. The second-order valence-corrected chi connectivity index (χ2v) is 7.10. The third kappa shape index (κ3) is 4.72. The van der Waals surface area contributed by atoms with Gasteiger partial charge in [0, 0.05) is 0 Å². The first-order chi connectivity index (χ1) is 16.0. The molecule has 170 valence electrons. The zero-order valence-electron chi connectivity index (χ0n) is 17.0. The maximum Gasteiger partial charge on any atom is 0.436 e. The van der Waals surface area contributed by atoms with E-state index in [9.17, 15) is 19.7 Å². The highest BCUT2D eigenvalue weighted by molar-refractivity contribution is 5.89. The van der Waals surface area contributed by atoms with Crippen molar-refractivity contribution < 1.29 is 33.1 Å². The fraction of sp³-hybridized carbons (Fsp3) is 0.227. The van der Waals surface area contributed by atoms with Crippen molar-refractivity contribution in [2.75, 3.05) is 6.61 Å². The molecule has 2 heterocycles. The van der Waals surface area contributed by atoms with E-state index in [0.29, 0.717) is 0 Å². The van der Waals surface area contributed by atoms with Crippen LogP contribution in [0.25, 0.3) is 0 Å². The smallest absolute Gasteiger partial charge is 0.436 e. The molecule has 0 bridgehead atoms. The number of imidazole rings is 1. The minimum Gasteiger partial charge on any atom is -0.459 e. The lowest BCUT2D eigenvalue weighted by Gasteiger charge is -2.19. The summed E-state index contributed by atoms with van der Waals surface area (Å²) in [7, 11) is 0. The molecule has 3 aromatic rings. The van der Waals surface area contributed by atoms with Crippen molar-refractivity contribution in [2.45, 2.75) is 24.6 Å². The Morgan fingerprint density at radius 1 is 1.06 bits per heavy atom. The first kappa shape index (κ1) is 22.1. The fourth-order valence-electron chi connectivity index (χ4n) is 3.41. The number of benzene rings is 2. The highest BCUT2D eigenvalue weighted by Crippen LogP contribution is 2.36. The molecule has 0 radical (unpaired) electrons. The second kappa shape index (κ2) is 9.57. The molecule has 4 atom stereocenters. The molecular formula is C22H18FN3O7. The van der Waals surface area contributed by atoms with Crippen molar-refractivity contribution in [2.24, 2.45) is 0 Å². The lowest BCUT2D eigenvalue weighted by Crippen LogP contribution is -2.35. The Balaban J connectivity index is 1.55. The molecule has 1 unspecified atom stereocenters. The molecule has 0 amide bonds. The van der Waals surface area contributed by atoms with Crippen LogP contribution in [-0.2, 0) is 14.2 Å². The number of nitro groups is 1. The topological polar surface area (TPSA) is 123 Å². The van der Waals surface area contributed by atoms with E-state index in [-0.39, 0.29) is 11.1 Å². The van der Waals surface area contributed by atoms with Gasteiger partial charge in [0.1, 0.15) is 25.1 Å². The van der Waals surface area contributed by atoms with E-state index in [1.54, 1.807) is 36.4 Å². The number of rotatable bonds is 7. The lowest BCUT2D eigenvalue weighted by atomic mass is 10.1. The van der Waals surface area contributed by atoms with Gasteiger partial charge in [-0.15, -0.1) is 0 Å². The predicted molar refractivity (Wildman–Crippen MR) is 110 cm³/mol. The van der Waals surface area contributed by atoms with E-state index in [4.69, 9.17) is 14.2 Å². The number of carbonyl (C=O) groups is 2. The standard InChI is InChI=1S/C22H18FN3O7/c23-17-16(13-31-20(27)14-7-3-1-4-8-14)32-19(25-12-11-24-22(25)26(29)30)18(17)33-21(28)15-9-5-2-6-10-15/h1-12,16-19H,13H2/t16-,17+,18+,19?/m1/s1. The van der Waals surface area contributed by atoms with Crippen molar-refractivity contribution in [3.8, 4) is 0 Å². The Kier molecular flexibility index (Phi) is 6.41. The van der Waals surface area contributed by atoms with Crippen LogP contribution in [0.4, 0.5) is 10.3 Å². The van der Waals surface area contributed by atoms with Crippen molar-refractivity contribution >= 4 is 17.9 Å². The molecule has 0 N–H and O–H groups in total. The van der Waals surface area contributed by atoms with Gasteiger partial charge < -0.3 is 24.3 Å². The third-order valence-electron chi connectivity index (χ3n) is 4.99. The van der Waals surface area contributed by atoms with Crippen LogP contribution in [0.15, 0.2) is 73.1 Å². The van der Waals surface area contributed by atoms with Crippen LogP contribution in [0.2, 0.25) is 0 Å². The minimum atomic E-state index is -1.94. The number of hydrogen-bond donors (Lipinski definition) is 0. The van der Waals surface area contributed by atoms with Gasteiger partial charge >= 0.3 is 17.9 Å². The lowest BCUT2D eigenvalue weighted by molar-refractivity contribution is -0.398. The van der Waals surface area contributed by atoms with Crippen LogP contribution in [0.5, 0.6) is 0 Å². The Hall–Kier alpha value is -4.12. The van der Waals surface area contributed by atoms with Gasteiger partial charge in [0.15, 0.2) is 12.3 Å². The molecule has 1 aliphatic heterocycles. The zero-order valence-corrected chi connectivity index (χ0v) is 17.0. The largest absolute Gasteiger partial charge is 0.459 e. The maximum absolute atomic E-state index is 15.4. The van der Waals surface area contributed by atoms with E-state index < -0.39 is 54.0 Å². The van der Waals surface area contributed by atoms with Crippen LogP contribution in [0.1, 0.15) is 26.9 Å². The van der Waals surface area contributed by atoms with Crippen molar-refractivity contribution in [1.29, 1.82) is 0 Å². The van der Waals surface area contributed by atoms with Gasteiger partial charge in [-0.2, -0.15) is 4.57 Å². The first-order valence-corrected chi connectivity index (χ1v) is 9.90. The summed E-state index contributed by atoms with van der Waals surface area (Å²) < 4.78 is 32.5. The Morgan fingerprint density at radius 2 is 1.67 bits per heavy atom. The number of hydrogen-bond acceptors (Lipinski definition) is 8. The molecule has 10 nitrogen and oxygen atoms in total. The summed E-state index contributed by atoms with van der Waals surface area (Å²) in [6, 6.07) is 16.0. The third-order valence-corrected chi connectivity index (χ3v) is 4.99. The number of carbonyl (C=O) groups excluding carboxylic acids is 2. The molecule has 33 heavy (non-hydrogen) atoms. The molecule has 1 aliphatic rings. The van der Waals surface area contributed by atoms with Crippen molar-refractivity contribution in [3.63, 3.8) is 0 Å². The van der Waals surface area contributed by atoms with Crippen LogP contribution >= 0.6 is 0 Å². The Morgan fingerprint density at radius 3 is 2.27 bits per heavy atom. The summed E-state index contributed by atoms with van der Waals surface area (Å²) in [6.07, 6.45) is -3.85. The normalized spacial score (nSPS) is 22.0. The summed E-state index contributed by atoms with van der Waals surface area (Å²) in [6.45, 7) is -0.493. The summed E-state index contributed by atoms with van der Waals surface area (Å²) >= 11 is 0. The minimum absolute atomic E-state index is 0.169. The van der Waals surface area contributed by atoms with Gasteiger partial charge in [0.2, 0.25) is 6.23 Å². The molecule has 2 aromatic carbocycles. The fourth-order valence-corrected chi connectivity index (χ4v) is 3.41. The molecule has 0 saturated carbocycles. The van der Waals surface area contributed by atoms with Crippen molar-refractivity contribution in [3.05, 3.63) is 94.3 Å². The number of ether oxygens (including phenoxy) is 3. The summed E-state index contributed by atoms with van der Waals surface area (Å²) in [5.41, 5.74) is 0.433. The monoisotopic (exact) mass is 455 g/mol. The van der Waals surface area contributed by atoms with Crippen LogP contribution in [0, 0.1) is 10.1 Å². The van der Waals surface area contributed by atoms with Crippen LogP contribution in [-0.4, -0.2) is 51.4 Å². The van der Waals surface area contributed by atoms with Crippen LogP contribution < -0.4 is 0 Å². The van der Waals surface area contributed by atoms with Gasteiger partial charge in [-0.3, -0.25) is 0 Å². The van der Waals surface area contributed by atoms with Crippen molar-refractivity contribution in [1.82, 2.24) is 9.55 Å². The molecule has 11 heteroatoms. The maximum atomic E-state index is 15.4. The van der Waals surface area contributed by atoms with Gasteiger partial charge in [0.25, 0.3) is 0 Å². The number of nitrogens with zero attached hydrogens (tertiary/aromatic N) is 3. The van der Waals surface area contributed by atoms with Crippen LogP contribution in [0.3, 0.4) is 0 Å². The molecular weight excluding hydrogens is 437 g/mol. The predicted octanol–water partition coefficient (Wildman–Crippen LogP) is 3.11. The molecule has 1 aromatic heterocycles. The van der Waals surface area contributed by atoms with Gasteiger partial charge in [-0.1, -0.05) is 41.4 Å².